The number of carboxylic acids is 1. The summed E-state index contributed by atoms with van der Waals surface area (Å²) >= 11 is 0. The average molecular weight is 127 g/mol. The van der Waals surface area contributed by atoms with E-state index in [0.29, 0.717) is 6.42 Å². The predicted octanol–water partition coefficient (Wildman–Crippen LogP) is -0.0256. The molecule has 0 saturated heterocycles. The van der Waals surface area contributed by atoms with Gasteiger partial charge in [-0.1, -0.05) is 6.08 Å². The Bertz CT molecular complexity index is 166. The van der Waals surface area contributed by atoms with E-state index < -0.39 is 11.5 Å². The normalized spacial score (nSPS) is 39.9. The van der Waals surface area contributed by atoms with Crippen LogP contribution in [0.5, 0.6) is 0 Å². The van der Waals surface area contributed by atoms with E-state index in [9.17, 15) is 4.79 Å². The standard InChI is InChI=1S/C6H9NO2/c1-2-4-3-6(4,7)5(8)9/h2,4H,1,3,7H2,(H,8,9)/t4?,6-/m1/s1. The third-order valence-corrected chi connectivity index (χ3v) is 1.74. The lowest BCUT2D eigenvalue weighted by Gasteiger charge is -1.99. The highest BCUT2D eigenvalue weighted by atomic mass is 16.4. The Balaban J connectivity index is 2.62. The molecule has 0 aromatic rings. The van der Waals surface area contributed by atoms with Crippen LogP contribution in [0, 0.1) is 5.92 Å². The van der Waals surface area contributed by atoms with Gasteiger partial charge in [0.25, 0.3) is 0 Å². The van der Waals surface area contributed by atoms with Crippen LogP contribution in [-0.4, -0.2) is 16.6 Å². The SMILES string of the molecule is C=CC1C[C@]1(N)C(=O)O. The summed E-state index contributed by atoms with van der Waals surface area (Å²) in [6.45, 7) is 3.46. The van der Waals surface area contributed by atoms with Gasteiger partial charge in [-0.15, -0.1) is 6.58 Å². The predicted molar refractivity (Wildman–Crippen MR) is 32.9 cm³/mol. The summed E-state index contributed by atoms with van der Waals surface area (Å²) in [5.41, 5.74) is 4.39. The third-order valence-electron chi connectivity index (χ3n) is 1.74. The molecule has 1 aliphatic rings. The van der Waals surface area contributed by atoms with Crippen molar-refractivity contribution >= 4 is 5.97 Å². The number of carboxylic acid groups (broad SMARTS) is 1. The second-order valence-corrected chi connectivity index (χ2v) is 2.39. The van der Waals surface area contributed by atoms with Crippen LogP contribution >= 0.6 is 0 Å². The van der Waals surface area contributed by atoms with E-state index in [2.05, 4.69) is 6.58 Å². The van der Waals surface area contributed by atoms with Crippen LogP contribution in [0.4, 0.5) is 0 Å². The minimum Gasteiger partial charge on any atom is -0.480 e. The Morgan fingerprint density at radius 1 is 2.00 bits per heavy atom. The Labute approximate surface area is 53.2 Å². The maximum absolute atomic E-state index is 10.3. The second-order valence-electron chi connectivity index (χ2n) is 2.39. The summed E-state index contributed by atoms with van der Waals surface area (Å²) < 4.78 is 0. The molecule has 0 spiro atoms. The van der Waals surface area contributed by atoms with Crippen molar-refractivity contribution in [3.05, 3.63) is 12.7 Å². The van der Waals surface area contributed by atoms with Gasteiger partial charge in [0.15, 0.2) is 0 Å². The molecule has 0 aromatic heterocycles. The van der Waals surface area contributed by atoms with E-state index in [1.807, 2.05) is 0 Å². The van der Waals surface area contributed by atoms with Gasteiger partial charge in [0.05, 0.1) is 0 Å². The molecule has 3 N–H and O–H groups in total. The smallest absolute Gasteiger partial charge is 0.324 e. The highest BCUT2D eigenvalue weighted by Gasteiger charge is 2.55. The summed E-state index contributed by atoms with van der Waals surface area (Å²) in [6.07, 6.45) is 2.12. The molecule has 1 unspecified atom stereocenters. The Morgan fingerprint density at radius 3 is 2.67 bits per heavy atom. The molecule has 3 nitrogen and oxygen atoms in total. The largest absolute Gasteiger partial charge is 0.480 e. The van der Waals surface area contributed by atoms with Gasteiger partial charge in [-0.25, -0.2) is 0 Å². The minimum atomic E-state index is -0.984. The quantitative estimate of drug-likeness (QED) is 0.512. The van der Waals surface area contributed by atoms with Gasteiger partial charge in [0.2, 0.25) is 0 Å². The molecular weight excluding hydrogens is 118 g/mol. The topological polar surface area (TPSA) is 63.3 Å². The Hall–Kier alpha value is -0.830. The molecule has 1 fully saturated rings. The van der Waals surface area contributed by atoms with E-state index in [1.54, 1.807) is 6.08 Å². The van der Waals surface area contributed by atoms with Crippen LogP contribution in [0.15, 0.2) is 12.7 Å². The van der Waals surface area contributed by atoms with Gasteiger partial charge in [0, 0.05) is 5.92 Å². The van der Waals surface area contributed by atoms with Crippen molar-refractivity contribution in [3.8, 4) is 0 Å². The Kier molecular flexibility index (Phi) is 1.10. The first kappa shape index (κ1) is 6.29. The lowest BCUT2D eigenvalue weighted by Crippen LogP contribution is -2.34. The zero-order valence-electron chi connectivity index (χ0n) is 5.00. The number of hydrogen-bond donors (Lipinski definition) is 2. The van der Waals surface area contributed by atoms with Gasteiger partial charge in [-0.05, 0) is 6.42 Å². The van der Waals surface area contributed by atoms with Crippen LogP contribution in [-0.2, 0) is 4.79 Å². The van der Waals surface area contributed by atoms with E-state index in [-0.39, 0.29) is 5.92 Å². The van der Waals surface area contributed by atoms with Crippen molar-refractivity contribution in [1.29, 1.82) is 0 Å². The molecule has 0 heterocycles. The van der Waals surface area contributed by atoms with Crippen LogP contribution in [0.1, 0.15) is 6.42 Å². The summed E-state index contributed by atoms with van der Waals surface area (Å²) in [7, 11) is 0. The summed E-state index contributed by atoms with van der Waals surface area (Å²) in [5, 5.41) is 8.44. The van der Waals surface area contributed by atoms with E-state index in [0.717, 1.165) is 0 Å². The van der Waals surface area contributed by atoms with Gasteiger partial charge in [0.1, 0.15) is 5.54 Å². The van der Waals surface area contributed by atoms with E-state index in [1.165, 1.54) is 0 Å². The molecule has 0 amide bonds. The zero-order chi connectivity index (χ0) is 7.07. The molecule has 50 valence electrons. The van der Waals surface area contributed by atoms with E-state index >= 15 is 0 Å². The monoisotopic (exact) mass is 127 g/mol. The first-order chi connectivity index (χ1) is 4.11. The van der Waals surface area contributed by atoms with Gasteiger partial charge < -0.3 is 10.8 Å². The molecule has 0 radical (unpaired) electrons. The minimum absolute atomic E-state index is 0.0185. The lowest BCUT2D eigenvalue weighted by atomic mass is 10.2. The molecule has 0 bridgehead atoms. The van der Waals surface area contributed by atoms with E-state index in [4.69, 9.17) is 10.8 Å². The number of carbonyl (C=O) groups is 1. The third kappa shape index (κ3) is 0.733. The summed E-state index contributed by atoms with van der Waals surface area (Å²) in [4.78, 5) is 10.3. The first-order valence-electron chi connectivity index (χ1n) is 2.76. The van der Waals surface area contributed by atoms with Crippen LogP contribution in [0.2, 0.25) is 0 Å². The van der Waals surface area contributed by atoms with Crippen molar-refractivity contribution in [2.75, 3.05) is 0 Å². The number of aliphatic carboxylic acids is 1. The molecular formula is C6H9NO2. The maximum Gasteiger partial charge on any atom is 0.324 e. The maximum atomic E-state index is 10.3. The van der Waals surface area contributed by atoms with Gasteiger partial charge >= 0.3 is 5.97 Å². The van der Waals surface area contributed by atoms with Crippen LogP contribution < -0.4 is 5.73 Å². The fraction of sp³-hybridized carbons (Fsp3) is 0.500. The molecule has 3 heteroatoms. The molecule has 1 aliphatic carbocycles. The fourth-order valence-electron chi connectivity index (χ4n) is 0.845. The van der Waals surface area contributed by atoms with Crippen molar-refractivity contribution in [3.63, 3.8) is 0 Å². The number of nitrogens with two attached hydrogens (primary N) is 1. The Morgan fingerprint density at radius 2 is 2.56 bits per heavy atom. The zero-order valence-corrected chi connectivity index (χ0v) is 5.00. The second kappa shape index (κ2) is 1.57. The molecule has 1 saturated carbocycles. The first-order valence-corrected chi connectivity index (χ1v) is 2.76. The number of rotatable bonds is 2. The number of hydrogen-bond acceptors (Lipinski definition) is 2. The molecule has 0 aliphatic heterocycles. The lowest BCUT2D eigenvalue weighted by molar-refractivity contribution is -0.139. The van der Waals surface area contributed by atoms with Crippen molar-refractivity contribution in [2.45, 2.75) is 12.0 Å². The highest BCUT2D eigenvalue weighted by molar-refractivity contribution is 5.83. The summed E-state index contributed by atoms with van der Waals surface area (Å²) in [6, 6.07) is 0. The molecule has 9 heavy (non-hydrogen) atoms. The average Bonchev–Trinajstić information content (AvgIpc) is 2.44. The van der Waals surface area contributed by atoms with Gasteiger partial charge in [-0.2, -0.15) is 0 Å². The molecule has 1 rings (SSSR count). The summed E-state index contributed by atoms with van der Waals surface area (Å²) in [5.74, 6) is -0.942. The van der Waals surface area contributed by atoms with Crippen LogP contribution in [0.25, 0.3) is 0 Å². The van der Waals surface area contributed by atoms with Crippen molar-refractivity contribution < 1.29 is 9.90 Å². The fourth-order valence-corrected chi connectivity index (χ4v) is 0.845. The van der Waals surface area contributed by atoms with Crippen molar-refractivity contribution in [2.24, 2.45) is 11.7 Å². The van der Waals surface area contributed by atoms with Gasteiger partial charge in [-0.3, -0.25) is 4.79 Å². The highest BCUT2D eigenvalue weighted by Crippen LogP contribution is 2.41. The molecule has 0 aromatic carbocycles. The van der Waals surface area contributed by atoms with Crippen LogP contribution in [0.3, 0.4) is 0 Å². The van der Waals surface area contributed by atoms with Crippen molar-refractivity contribution in [1.82, 2.24) is 0 Å². The molecule has 2 atom stereocenters.